The Hall–Kier alpha value is -3.54. The van der Waals surface area contributed by atoms with Crippen molar-refractivity contribution >= 4 is 22.5 Å². The molecule has 1 N–H and O–H groups in total. The summed E-state index contributed by atoms with van der Waals surface area (Å²) in [6.07, 6.45) is 3.29. The van der Waals surface area contributed by atoms with E-state index in [2.05, 4.69) is 15.3 Å². The van der Waals surface area contributed by atoms with Crippen LogP contribution < -0.4 is 10.9 Å². The summed E-state index contributed by atoms with van der Waals surface area (Å²) < 4.78 is 15.0. The van der Waals surface area contributed by atoms with Gasteiger partial charge in [0.05, 0.1) is 16.6 Å². The van der Waals surface area contributed by atoms with Gasteiger partial charge in [-0.2, -0.15) is 0 Å². The summed E-state index contributed by atoms with van der Waals surface area (Å²) >= 11 is 0. The van der Waals surface area contributed by atoms with E-state index in [1.807, 2.05) is 18.2 Å². The SMILES string of the molecule is O=c1c2cc(F)ccc2nc(Nc2ccncc2)n1-c1ccccc1. The van der Waals surface area contributed by atoms with Crippen LogP contribution in [0.1, 0.15) is 0 Å². The van der Waals surface area contributed by atoms with E-state index in [1.54, 1.807) is 36.7 Å². The van der Waals surface area contributed by atoms with Crippen molar-refractivity contribution in [3.05, 3.63) is 89.2 Å². The van der Waals surface area contributed by atoms with Gasteiger partial charge in [-0.25, -0.2) is 13.9 Å². The fourth-order valence-corrected chi connectivity index (χ4v) is 2.62. The first-order valence-corrected chi connectivity index (χ1v) is 7.67. The number of rotatable bonds is 3. The second kappa shape index (κ2) is 6.16. The summed E-state index contributed by atoms with van der Waals surface area (Å²) in [6, 6.07) is 16.7. The smallest absolute Gasteiger partial charge is 0.267 e. The Morgan fingerprint density at radius 2 is 1.72 bits per heavy atom. The van der Waals surface area contributed by atoms with Crippen molar-refractivity contribution in [2.45, 2.75) is 0 Å². The largest absolute Gasteiger partial charge is 0.325 e. The molecule has 0 unspecified atom stereocenters. The lowest BCUT2D eigenvalue weighted by molar-refractivity contribution is 0.629. The summed E-state index contributed by atoms with van der Waals surface area (Å²) in [5.41, 5.74) is 1.47. The summed E-state index contributed by atoms with van der Waals surface area (Å²) in [5.74, 6) is -0.123. The molecule has 0 aliphatic carbocycles. The van der Waals surface area contributed by atoms with Crippen LogP contribution >= 0.6 is 0 Å². The summed E-state index contributed by atoms with van der Waals surface area (Å²) in [4.78, 5) is 21.5. The predicted octanol–water partition coefficient (Wildman–Crippen LogP) is 3.66. The van der Waals surface area contributed by atoms with Crippen molar-refractivity contribution in [1.82, 2.24) is 14.5 Å². The van der Waals surface area contributed by atoms with Gasteiger partial charge in [0.25, 0.3) is 5.56 Å². The molecule has 2 aromatic heterocycles. The molecule has 2 heterocycles. The van der Waals surface area contributed by atoms with Crippen molar-refractivity contribution in [3.63, 3.8) is 0 Å². The van der Waals surface area contributed by atoms with Gasteiger partial charge in [-0.3, -0.25) is 9.78 Å². The fraction of sp³-hybridized carbons (Fsp3) is 0. The molecule has 25 heavy (non-hydrogen) atoms. The predicted molar refractivity (Wildman–Crippen MR) is 94.8 cm³/mol. The third kappa shape index (κ3) is 2.85. The van der Waals surface area contributed by atoms with Crippen LogP contribution in [-0.2, 0) is 0 Å². The first kappa shape index (κ1) is 15.0. The number of anilines is 2. The number of pyridine rings is 1. The Balaban J connectivity index is 1.99. The van der Waals surface area contributed by atoms with Gasteiger partial charge in [0.15, 0.2) is 0 Å². The van der Waals surface area contributed by atoms with Crippen LogP contribution in [0.4, 0.5) is 16.0 Å². The van der Waals surface area contributed by atoms with Gasteiger partial charge in [0, 0.05) is 18.1 Å². The van der Waals surface area contributed by atoms with Gasteiger partial charge in [-0.05, 0) is 42.5 Å². The molecule has 4 aromatic rings. The highest BCUT2D eigenvalue weighted by Gasteiger charge is 2.13. The van der Waals surface area contributed by atoms with E-state index in [0.29, 0.717) is 17.2 Å². The molecule has 6 heteroatoms. The zero-order valence-corrected chi connectivity index (χ0v) is 13.1. The average molecular weight is 332 g/mol. The number of nitrogens with zero attached hydrogens (tertiary/aromatic N) is 3. The Labute approximate surface area is 142 Å². The average Bonchev–Trinajstić information content (AvgIpc) is 2.64. The number of hydrogen-bond acceptors (Lipinski definition) is 4. The molecule has 0 amide bonds. The third-order valence-corrected chi connectivity index (χ3v) is 3.78. The van der Waals surface area contributed by atoms with E-state index in [9.17, 15) is 9.18 Å². The Morgan fingerprint density at radius 1 is 0.960 bits per heavy atom. The molecular weight excluding hydrogens is 319 g/mol. The van der Waals surface area contributed by atoms with Gasteiger partial charge < -0.3 is 5.32 Å². The molecule has 0 radical (unpaired) electrons. The second-order valence-electron chi connectivity index (χ2n) is 5.43. The molecule has 0 aliphatic heterocycles. The van der Waals surface area contributed by atoms with Crippen molar-refractivity contribution < 1.29 is 4.39 Å². The number of nitrogens with one attached hydrogen (secondary N) is 1. The molecule has 4 rings (SSSR count). The van der Waals surface area contributed by atoms with Crippen molar-refractivity contribution in [3.8, 4) is 5.69 Å². The van der Waals surface area contributed by atoms with Crippen LogP contribution in [0.3, 0.4) is 0 Å². The van der Waals surface area contributed by atoms with Gasteiger partial charge in [0.2, 0.25) is 5.95 Å². The third-order valence-electron chi connectivity index (χ3n) is 3.78. The standard InChI is InChI=1S/C19H13FN4O/c20-13-6-7-17-16(12-13)18(25)24(15-4-2-1-3-5-15)19(23-17)22-14-8-10-21-11-9-14/h1-12H,(H,21,22,23). The lowest BCUT2D eigenvalue weighted by atomic mass is 10.2. The Bertz CT molecular complexity index is 1090. The van der Waals surface area contributed by atoms with Crippen LogP contribution in [0.25, 0.3) is 16.6 Å². The van der Waals surface area contributed by atoms with Crippen molar-refractivity contribution in [2.75, 3.05) is 5.32 Å². The first-order valence-electron chi connectivity index (χ1n) is 7.67. The molecule has 0 saturated heterocycles. The van der Waals surface area contributed by atoms with E-state index in [4.69, 9.17) is 0 Å². The van der Waals surface area contributed by atoms with Crippen molar-refractivity contribution in [1.29, 1.82) is 0 Å². The highest BCUT2D eigenvalue weighted by atomic mass is 19.1. The lowest BCUT2D eigenvalue weighted by Gasteiger charge is -2.15. The van der Waals surface area contributed by atoms with Crippen LogP contribution in [-0.4, -0.2) is 14.5 Å². The number of halogens is 1. The lowest BCUT2D eigenvalue weighted by Crippen LogP contribution is -2.22. The monoisotopic (exact) mass is 332 g/mol. The molecule has 122 valence electrons. The number of hydrogen-bond donors (Lipinski definition) is 1. The fourth-order valence-electron chi connectivity index (χ4n) is 2.62. The highest BCUT2D eigenvalue weighted by molar-refractivity contribution is 5.80. The van der Waals surface area contributed by atoms with Crippen LogP contribution in [0.15, 0.2) is 77.9 Å². The van der Waals surface area contributed by atoms with E-state index < -0.39 is 5.82 Å². The first-order chi connectivity index (χ1) is 12.2. The number of aromatic nitrogens is 3. The second-order valence-corrected chi connectivity index (χ2v) is 5.43. The minimum absolute atomic E-state index is 0.226. The number of para-hydroxylation sites is 1. The quantitative estimate of drug-likeness (QED) is 0.622. The van der Waals surface area contributed by atoms with E-state index in [0.717, 1.165) is 5.69 Å². The topological polar surface area (TPSA) is 59.8 Å². The number of benzene rings is 2. The van der Waals surface area contributed by atoms with Gasteiger partial charge in [-0.15, -0.1) is 0 Å². The van der Waals surface area contributed by atoms with E-state index >= 15 is 0 Å². The van der Waals surface area contributed by atoms with Crippen LogP contribution in [0, 0.1) is 5.82 Å². The number of fused-ring (bicyclic) bond motifs is 1. The minimum Gasteiger partial charge on any atom is -0.325 e. The summed E-state index contributed by atoms with van der Waals surface area (Å²) in [7, 11) is 0. The molecule has 5 nitrogen and oxygen atoms in total. The molecule has 0 bridgehead atoms. The maximum atomic E-state index is 13.6. The van der Waals surface area contributed by atoms with Crippen molar-refractivity contribution in [2.24, 2.45) is 0 Å². The zero-order valence-electron chi connectivity index (χ0n) is 13.1. The Kier molecular flexibility index (Phi) is 3.70. The molecule has 0 saturated carbocycles. The molecule has 0 aliphatic rings. The molecule has 0 atom stereocenters. The van der Waals surface area contributed by atoms with Gasteiger partial charge >= 0.3 is 0 Å². The molecule has 0 fully saturated rings. The maximum absolute atomic E-state index is 13.6. The molecular formula is C19H13FN4O. The van der Waals surface area contributed by atoms with Gasteiger partial charge in [0.1, 0.15) is 5.82 Å². The summed E-state index contributed by atoms with van der Waals surface area (Å²) in [5, 5.41) is 3.36. The molecule has 0 spiro atoms. The zero-order chi connectivity index (χ0) is 17.2. The highest BCUT2D eigenvalue weighted by Crippen LogP contribution is 2.20. The van der Waals surface area contributed by atoms with Crippen LogP contribution in [0.2, 0.25) is 0 Å². The van der Waals surface area contributed by atoms with E-state index in [1.165, 1.54) is 22.8 Å². The maximum Gasteiger partial charge on any atom is 0.267 e. The Morgan fingerprint density at radius 3 is 2.48 bits per heavy atom. The molecule has 2 aromatic carbocycles. The van der Waals surface area contributed by atoms with Crippen LogP contribution in [0.5, 0.6) is 0 Å². The van der Waals surface area contributed by atoms with E-state index in [-0.39, 0.29) is 10.9 Å². The minimum atomic E-state index is -0.471. The normalized spacial score (nSPS) is 10.8. The van der Waals surface area contributed by atoms with Gasteiger partial charge in [-0.1, -0.05) is 18.2 Å². The summed E-state index contributed by atoms with van der Waals surface area (Å²) in [6.45, 7) is 0.